The maximum absolute atomic E-state index is 12.4. The Kier molecular flexibility index (Phi) is 5.46. The van der Waals surface area contributed by atoms with E-state index in [0.717, 1.165) is 19.4 Å². The summed E-state index contributed by atoms with van der Waals surface area (Å²) in [6.07, 6.45) is 2.31. The van der Waals surface area contributed by atoms with Crippen molar-refractivity contribution in [3.05, 3.63) is 65.7 Å². The molecule has 1 fully saturated rings. The summed E-state index contributed by atoms with van der Waals surface area (Å²) in [5, 5.41) is 5.49. The summed E-state index contributed by atoms with van der Waals surface area (Å²) >= 11 is 0. The largest absolute Gasteiger partial charge is 0.355 e. The van der Waals surface area contributed by atoms with Crippen LogP contribution in [0.2, 0.25) is 0 Å². The normalized spacial score (nSPS) is 13.5. The highest BCUT2D eigenvalue weighted by Gasteiger charge is 2.30. The zero-order chi connectivity index (χ0) is 17.6. The first-order valence-electron chi connectivity index (χ1n) is 8.55. The molecule has 2 aromatic rings. The van der Waals surface area contributed by atoms with Crippen LogP contribution in [0, 0.1) is 0 Å². The lowest BCUT2D eigenvalue weighted by atomic mass is 10.2. The van der Waals surface area contributed by atoms with Crippen molar-refractivity contribution in [2.45, 2.75) is 25.4 Å². The van der Waals surface area contributed by atoms with Gasteiger partial charge in [0.1, 0.15) is 0 Å². The second-order valence-electron chi connectivity index (χ2n) is 6.33. The van der Waals surface area contributed by atoms with Crippen LogP contribution < -0.4 is 10.6 Å². The van der Waals surface area contributed by atoms with E-state index in [1.54, 1.807) is 31.3 Å². The molecule has 0 saturated heterocycles. The molecule has 1 saturated carbocycles. The number of anilines is 1. The number of benzene rings is 2. The summed E-state index contributed by atoms with van der Waals surface area (Å²) in [5.41, 5.74) is 2.49. The van der Waals surface area contributed by atoms with Crippen molar-refractivity contribution < 1.29 is 9.59 Å². The van der Waals surface area contributed by atoms with E-state index in [9.17, 15) is 9.59 Å². The second-order valence-corrected chi connectivity index (χ2v) is 6.33. The predicted octanol–water partition coefficient (Wildman–Crippen LogP) is 2.65. The van der Waals surface area contributed by atoms with Gasteiger partial charge < -0.3 is 10.6 Å². The Bertz CT molecular complexity index is 724. The molecular weight excluding hydrogens is 314 g/mol. The zero-order valence-electron chi connectivity index (χ0n) is 14.4. The highest BCUT2D eigenvalue weighted by molar-refractivity contribution is 5.96. The Labute approximate surface area is 148 Å². The van der Waals surface area contributed by atoms with Crippen molar-refractivity contribution in [2.75, 3.05) is 18.9 Å². The second kappa shape index (κ2) is 7.94. The fourth-order valence-electron chi connectivity index (χ4n) is 2.81. The number of carbonyl (C=O) groups is 2. The highest BCUT2D eigenvalue weighted by atomic mass is 16.2. The number of hydrogen-bond acceptors (Lipinski definition) is 3. The lowest BCUT2D eigenvalue weighted by Crippen LogP contribution is -2.34. The van der Waals surface area contributed by atoms with Crippen molar-refractivity contribution in [1.82, 2.24) is 10.2 Å². The van der Waals surface area contributed by atoms with Gasteiger partial charge in [0.25, 0.3) is 5.91 Å². The van der Waals surface area contributed by atoms with Gasteiger partial charge in [0.2, 0.25) is 5.91 Å². The third-order valence-corrected chi connectivity index (χ3v) is 4.30. The molecule has 0 radical (unpaired) electrons. The number of hydrogen-bond donors (Lipinski definition) is 2. The minimum Gasteiger partial charge on any atom is -0.355 e. The monoisotopic (exact) mass is 337 g/mol. The fraction of sp³-hybridized carbons (Fsp3) is 0.300. The average molecular weight is 337 g/mol. The zero-order valence-corrected chi connectivity index (χ0v) is 14.4. The Balaban J connectivity index is 1.57. The third-order valence-electron chi connectivity index (χ3n) is 4.30. The third kappa shape index (κ3) is 4.90. The maximum Gasteiger partial charge on any atom is 0.251 e. The van der Waals surface area contributed by atoms with E-state index < -0.39 is 0 Å². The van der Waals surface area contributed by atoms with Gasteiger partial charge in [0.15, 0.2) is 0 Å². The Morgan fingerprint density at radius 3 is 2.32 bits per heavy atom. The molecule has 0 heterocycles. The topological polar surface area (TPSA) is 61.4 Å². The van der Waals surface area contributed by atoms with Crippen LogP contribution in [0.3, 0.4) is 0 Å². The standard InChI is InChI=1S/C20H23N3O2/c1-21-20(25)16-7-9-17(10-8-16)22-19(24)14-23(18-11-12-18)13-15-5-3-2-4-6-15/h2-10,18H,11-14H2,1H3,(H,21,25)(H,22,24). The number of carbonyl (C=O) groups excluding carboxylic acids is 2. The average Bonchev–Trinajstić information content (AvgIpc) is 3.47. The summed E-state index contributed by atoms with van der Waals surface area (Å²) in [4.78, 5) is 26.2. The first-order valence-corrected chi connectivity index (χ1v) is 8.55. The van der Waals surface area contributed by atoms with E-state index >= 15 is 0 Å². The van der Waals surface area contributed by atoms with Gasteiger partial charge in [-0.15, -0.1) is 0 Å². The Morgan fingerprint density at radius 1 is 1.04 bits per heavy atom. The van der Waals surface area contributed by atoms with Crippen LogP contribution in [0.25, 0.3) is 0 Å². The smallest absolute Gasteiger partial charge is 0.251 e. The molecule has 1 aliphatic rings. The van der Waals surface area contributed by atoms with Crippen molar-refractivity contribution in [1.29, 1.82) is 0 Å². The maximum atomic E-state index is 12.4. The van der Waals surface area contributed by atoms with Gasteiger partial charge in [-0.1, -0.05) is 30.3 Å². The van der Waals surface area contributed by atoms with E-state index in [0.29, 0.717) is 23.8 Å². The van der Waals surface area contributed by atoms with E-state index in [-0.39, 0.29) is 11.8 Å². The molecule has 25 heavy (non-hydrogen) atoms. The summed E-state index contributed by atoms with van der Waals surface area (Å²) < 4.78 is 0. The van der Waals surface area contributed by atoms with Crippen LogP contribution in [0.5, 0.6) is 0 Å². The van der Waals surface area contributed by atoms with Crippen molar-refractivity contribution >= 4 is 17.5 Å². The van der Waals surface area contributed by atoms with Crippen molar-refractivity contribution in [3.63, 3.8) is 0 Å². The predicted molar refractivity (Wildman–Crippen MR) is 98.3 cm³/mol. The summed E-state index contributed by atoms with van der Waals surface area (Å²) in [6, 6.07) is 17.6. The van der Waals surface area contributed by atoms with E-state index in [4.69, 9.17) is 0 Å². The molecule has 0 atom stereocenters. The van der Waals surface area contributed by atoms with E-state index in [1.807, 2.05) is 18.2 Å². The molecule has 0 spiro atoms. The molecule has 5 nitrogen and oxygen atoms in total. The number of amides is 2. The summed E-state index contributed by atoms with van der Waals surface area (Å²) in [7, 11) is 1.59. The summed E-state index contributed by atoms with van der Waals surface area (Å²) in [5.74, 6) is -0.170. The van der Waals surface area contributed by atoms with E-state index in [1.165, 1.54) is 5.56 Å². The minimum atomic E-state index is -0.138. The van der Waals surface area contributed by atoms with Gasteiger partial charge in [0.05, 0.1) is 6.54 Å². The Hall–Kier alpha value is -2.66. The Morgan fingerprint density at radius 2 is 1.72 bits per heavy atom. The molecule has 5 heteroatoms. The quantitative estimate of drug-likeness (QED) is 0.816. The molecule has 3 rings (SSSR count). The molecular formula is C20H23N3O2. The molecule has 0 aromatic heterocycles. The molecule has 130 valence electrons. The summed E-state index contributed by atoms with van der Waals surface area (Å²) in [6.45, 7) is 1.16. The SMILES string of the molecule is CNC(=O)c1ccc(NC(=O)CN(Cc2ccccc2)C2CC2)cc1. The van der Waals surface area contributed by atoms with Gasteiger partial charge in [-0.2, -0.15) is 0 Å². The molecule has 2 amide bonds. The van der Waals surface area contributed by atoms with Crippen LogP contribution in [0.1, 0.15) is 28.8 Å². The van der Waals surface area contributed by atoms with Crippen LogP contribution in [0.4, 0.5) is 5.69 Å². The molecule has 1 aliphatic carbocycles. The van der Waals surface area contributed by atoms with Crippen molar-refractivity contribution in [3.8, 4) is 0 Å². The fourth-order valence-corrected chi connectivity index (χ4v) is 2.81. The lowest BCUT2D eigenvalue weighted by molar-refractivity contribution is -0.117. The van der Waals surface area contributed by atoms with Crippen molar-refractivity contribution in [2.24, 2.45) is 0 Å². The first kappa shape index (κ1) is 17.2. The number of rotatable bonds is 7. The number of nitrogens with zero attached hydrogens (tertiary/aromatic N) is 1. The lowest BCUT2D eigenvalue weighted by Gasteiger charge is -2.21. The van der Waals surface area contributed by atoms with Gasteiger partial charge in [0, 0.05) is 30.9 Å². The van der Waals surface area contributed by atoms with E-state index in [2.05, 4.69) is 27.7 Å². The van der Waals surface area contributed by atoms with Gasteiger partial charge >= 0.3 is 0 Å². The first-order chi connectivity index (χ1) is 12.2. The molecule has 0 aliphatic heterocycles. The van der Waals surface area contributed by atoms with Gasteiger partial charge in [-0.05, 0) is 42.7 Å². The molecule has 2 aromatic carbocycles. The van der Waals surface area contributed by atoms with Crippen LogP contribution in [-0.4, -0.2) is 36.3 Å². The molecule has 2 N–H and O–H groups in total. The molecule has 0 bridgehead atoms. The number of nitrogens with one attached hydrogen (secondary N) is 2. The van der Waals surface area contributed by atoms with Crippen LogP contribution in [0.15, 0.2) is 54.6 Å². The van der Waals surface area contributed by atoms with Crippen LogP contribution in [-0.2, 0) is 11.3 Å². The van der Waals surface area contributed by atoms with Crippen LogP contribution >= 0.6 is 0 Å². The molecule has 0 unspecified atom stereocenters. The van der Waals surface area contributed by atoms with Gasteiger partial charge in [-0.25, -0.2) is 0 Å². The van der Waals surface area contributed by atoms with Gasteiger partial charge in [-0.3, -0.25) is 14.5 Å². The highest BCUT2D eigenvalue weighted by Crippen LogP contribution is 2.28. The minimum absolute atomic E-state index is 0.0319.